The monoisotopic (exact) mass is 414 g/mol. The number of nitrogens with one attached hydrogen (secondary N) is 2. The lowest BCUT2D eigenvalue weighted by Crippen LogP contribution is -2.40. The number of anilines is 1. The van der Waals surface area contributed by atoms with Crippen molar-refractivity contribution in [1.82, 2.24) is 15.1 Å². The molecular weight excluding hydrogens is 376 g/mol. The molecule has 0 radical (unpaired) electrons. The summed E-state index contributed by atoms with van der Waals surface area (Å²) in [6, 6.07) is 8.65. The molecule has 0 unspecified atom stereocenters. The zero-order chi connectivity index (χ0) is 21.3. The van der Waals surface area contributed by atoms with Crippen LogP contribution in [0.2, 0.25) is 0 Å². The Morgan fingerprint density at radius 2 is 1.80 bits per heavy atom. The predicted octanol–water partition coefficient (Wildman–Crippen LogP) is 3.24. The molecule has 2 N–H and O–H groups in total. The van der Waals surface area contributed by atoms with Gasteiger partial charge in [-0.3, -0.25) is 19.4 Å². The summed E-state index contributed by atoms with van der Waals surface area (Å²) in [5.41, 5.74) is 2.12. The smallest absolute Gasteiger partial charge is 0.221 e. The Kier molecular flexibility index (Phi) is 8.70. The molecule has 0 saturated carbocycles. The Morgan fingerprint density at radius 3 is 2.47 bits per heavy atom. The van der Waals surface area contributed by atoms with Gasteiger partial charge in [0.05, 0.1) is 0 Å². The van der Waals surface area contributed by atoms with E-state index in [1.165, 1.54) is 44.7 Å². The number of carbonyl (C=O) groups excluding carboxylic acids is 2. The predicted molar refractivity (Wildman–Crippen MR) is 121 cm³/mol. The van der Waals surface area contributed by atoms with Crippen molar-refractivity contribution in [1.29, 1.82) is 0 Å². The number of amides is 2. The van der Waals surface area contributed by atoms with Gasteiger partial charge in [-0.2, -0.15) is 0 Å². The maximum Gasteiger partial charge on any atom is 0.221 e. The molecule has 1 aromatic carbocycles. The summed E-state index contributed by atoms with van der Waals surface area (Å²) in [4.78, 5) is 28.4. The average molecular weight is 415 g/mol. The Labute approximate surface area is 181 Å². The zero-order valence-electron chi connectivity index (χ0n) is 18.7. The lowest BCUT2D eigenvalue weighted by atomic mass is 9.92. The number of piperidine rings is 1. The molecule has 2 amide bonds. The highest BCUT2D eigenvalue weighted by Crippen LogP contribution is 2.23. The van der Waals surface area contributed by atoms with Crippen molar-refractivity contribution in [2.45, 2.75) is 65.0 Å². The largest absolute Gasteiger partial charge is 0.355 e. The Balaban J connectivity index is 1.30. The molecule has 6 nitrogen and oxygen atoms in total. The Morgan fingerprint density at radius 1 is 1.07 bits per heavy atom. The quantitative estimate of drug-likeness (QED) is 0.651. The van der Waals surface area contributed by atoms with Gasteiger partial charge in [0.15, 0.2) is 0 Å². The van der Waals surface area contributed by atoms with Crippen LogP contribution < -0.4 is 10.6 Å². The van der Waals surface area contributed by atoms with E-state index in [9.17, 15) is 9.59 Å². The fraction of sp³-hybridized carbons (Fsp3) is 0.667. The van der Waals surface area contributed by atoms with Gasteiger partial charge >= 0.3 is 0 Å². The fourth-order valence-corrected chi connectivity index (χ4v) is 4.79. The standard InChI is InChI=1S/C24H38N4O2/c1-3-28-14-4-5-23(28)17-25-24(30)11-8-20-12-15-27(16-13-20)18-21-6-9-22(10-7-21)26-19(2)29/h6-7,9-10,20,23H,3-5,8,11-18H2,1-2H3,(H,25,30)(H,26,29)/t23-/m1/s1. The minimum Gasteiger partial charge on any atom is -0.355 e. The van der Waals surface area contributed by atoms with E-state index in [4.69, 9.17) is 0 Å². The first-order valence-electron chi connectivity index (χ1n) is 11.6. The molecule has 1 aromatic rings. The van der Waals surface area contributed by atoms with Gasteiger partial charge in [0.1, 0.15) is 0 Å². The molecule has 30 heavy (non-hydrogen) atoms. The van der Waals surface area contributed by atoms with Crippen molar-refractivity contribution in [3.05, 3.63) is 29.8 Å². The van der Waals surface area contributed by atoms with Crippen LogP contribution in [-0.4, -0.2) is 60.4 Å². The topological polar surface area (TPSA) is 64.7 Å². The van der Waals surface area contributed by atoms with Crippen LogP contribution in [-0.2, 0) is 16.1 Å². The summed E-state index contributed by atoms with van der Waals surface area (Å²) >= 11 is 0. The average Bonchev–Trinajstić information content (AvgIpc) is 3.20. The van der Waals surface area contributed by atoms with Crippen molar-refractivity contribution in [3.8, 4) is 0 Å². The fourth-order valence-electron chi connectivity index (χ4n) is 4.79. The van der Waals surface area contributed by atoms with E-state index in [-0.39, 0.29) is 11.8 Å². The summed E-state index contributed by atoms with van der Waals surface area (Å²) in [5, 5.41) is 5.98. The number of hydrogen-bond donors (Lipinski definition) is 2. The van der Waals surface area contributed by atoms with E-state index in [1.807, 2.05) is 12.1 Å². The first-order chi connectivity index (χ1) is 14.5. The van der Waals surface area contributed by atoms with Gasteiger partial charge < -0.3 is 10.6 Å². The van der Waals surface area contributed by atoms with E-state index in [0.717, 1.165) is 44.8 Å². The number of likely N-dealkylation sites (tertiary alicyclic amines) is 2. The van der Waals surface area contributed by atoms with E-state index >= 15 is 0 Å². The third-order valence-electron chi connectivity index (χ3n) is 6.61. The van der Waals surface area contributed by atoms with E-state index in [2.05, 4.69) is 39.5 Å². The summed E-state index contributed by atoms with van der Waals surface area (Å²) in [6.07, 6.45) is 6.48. The molecule has 6 heteroatoms. The number of rotatable bonds is 9. The lowest BCUT2D eigenvalue weighted by Gasteiger charge is -2.32. The van der Waals surface area contributed by atoms with Crippen LogP contribution in [0, 0.1) is 5.92 Å². The summed E-state index contributed by atoms with van der Waals surface area (Å²) < 4.78 is 0. The van der Waals surface area contributed by atoms with Gasteiger partial charge in [-0.15, -0.1) is 0 Å². The Bertz CT molecular complexity index is 683. The minimum absolute atomic E-state index is 0.0417. The van der Waals surface area contributed by atoms with E-state index in [0.29, 0.717) is 18.4 Å². The minimum atomic E-state index is -0.0417. The number of carbonyl (C=O) groups is 2. The highest BCUT2D eigenvalue weighted by Gasteiger charge is 2.24. The summed E-state index contributed by atoms with van der Waals surface area (Å²) in [6.45, 7) is 9.92. The van der Waals surface area contributed by atoms with Crippen LogP contribution in [0.25, 0.3) is 0 Å². The van der Waals surface area contributed by atoms with Crippen LogP contribution in [0.5, 0.6) is 0 Å². The first-order valence-corrected chi connectivity index (χ1v) is 11.6. The molecule has 2 aliphatic rings. The molecule has 0 spiro atoms. The molecule has 3 rings (SSSR count). The van der Waals surface area contributed by atoms with Crippen LogP contribution in [0.3, 0.4) is 0 Å². The third kappa shape index (κ3) is 7.10. The second kappa shape index (κ2) is 11.5. The Hall–Kier alpha value is -1.92. The summed E-state index contributed by atoms with van der Waals surface area (Å²) in [7, 11) is 0. The van der Waals surface area contributed by atoms with Crippen molar-refractivity contribution in [2.75, 3.05) is 38.0 Å². The van der Waals surface area contributed by atoms with Gasteiger partial charge in [0.2, 0.25) is 11.8 Å². The molecule has 166 valence electrons. The SMILES string of the molecule is CCN1CCC[C@@H]1CNC(=O)CCC1CCN(Cc2ccc(NC(C)=O)cc2)CC1. The molecular formula is C24H38N4O2. The van der Waals surface area contributed by atoms with Gasteiger partial charge in [-0.1, -0.05) is 19.1 Å². The van der Waals surface area contributed by atoms with Gasteiger partial charge in [-0.05, 0) is 81.9 Å². The molecule has 2 fully saturated rings. The zero-order valence-corrected chi connectivity index (χ0v) is 18.7. The second-order valence-corrected chi connectivity index (χ2v) is 8.87. The molecule has 0 aromatic heterocycles. The van der Waals surface area contributed by atoms with Crippen LogP contribution in [0.1, 0.15) is 57.9 Å². The van der Waals surface area contributed by atoms with Crippen LogP contribution in [0.15, 0.2) is 24.3 Å². The van der Waals surface area contributed by atoms with E-state index in [1.54, 1.807) is 0 Å². The molecule has 1 atom stereocenters. The highest BCUT2D eigenvalue weighted by molar-refractivity contribution is 5.88. The van der Waals surface area contributed by atoms with Crippen LogP contribution >= 0.6 is 0 Å². The van der Waals surface area contributed by atoms with Gasteiger partial charge in [0.25, 0.3) is 0 Å². The van der Waals surface area contributed by atoms with Crippen molar-refractivity contribution in [2.24, 2.45) is 5.92 Å². The van der Waals surface area contributed by atoms with Crippen LogP contribution in [0.4, 0.5) is 5.69 Å². The molecule has 2 aliphatic heterocycles. The number of likely N-dealkylation sites (N-methyl/N-ethyl adjacent to an activating group) is 1. The first kappa shape index (κ1) is 22.8. The second-order valence-electron chi connectivity index (χ2n) is 8.87. The van der Waals surface area contributed by atoms with E-state index < -0.39 is 0 Å². The molecule has 2 saturated heterocycles. The maximum absolute atomic E-state index is 12.3. The normalized spacial score (nSPS) is 20.9. The molecule has 0 bridgehead atoms. The molecule has 2 heterocycles. The maximum atomic E-state index is 12.3. The highest BCUT2D eigenvalue weighted by atomic mass is 16.2. The number of benzene rings is 1. The summed E-state index contributed by atoms with van der Waals surface area (Å²) in [5.74, 6) is 0.840. The van der Waals surface area contributed by atoms with Crippen molar-refractivity contribution >= 4 is 17.5 Å². The van der Waals surface area contributed by atoms with Gasteiger partial charge in [-0.25, -0.2) is 0 Å². The lowest BCUT2D eigenvalue weighted by molar-refractivity contribution is -0.121. The van der Waals surface area contributed by atoms with Crippen molar-refractivity contribution < 1.29 is 9.59 Å². The molecule has 0 aliphatic carbocycles. The van der Waals surface area contributed by atoms with Crippen molar-refractivity contribution in [3.63, 3.8) is 0 Å². The van der Waals surface area contributed by atoms with Gasteiger partial charge in [0, 0.05) is 38.2 Å². The number of nitrogens with zero attached hydrogens (tertiary/aromatic N) is 2. The number of hydrogen-bond acceptors (Lipinski definition) is 4. The third-order valence-corrected chi connectivity index (χ3v) is 6.61.